The van der Waals surface area contributed by atoms with E-state index in [4.69, 9.17) is 0 Å². The van der Waals surface area contributed by atoms with Gasteiger partial charge in [-0.2, -0.15) is 0 Å². The van der Waals surface area contributed by atoms with Crippen LogP contribution in [-0.4, -0.2) is 46.1 Å². The summed E-state index contributed by atoms with van der Waals surface area (Å²) in [6.45, 7) is 5.36. The minimum absolute atomic E-state index is 0.0954. The molecule has 1 saturated carbocycles. The summed E-state index contributed by atoms with van der Waals surface area (Å²) in [4.78, 5) is 15.6. The second-order valence-electron chi connectivity index (χ2n) is 10.1. The molecule has 0 radical (unpaired) electrons. The van der Waals surface area contributed by atoms with Gasteiger partial charge < -0.3 is 14.6 Å². The fraction of sp³-hybridized carbons (Fsp3) is 0.640. The molecule has 2 aromatic rings. The number of hydrogen-bond acceptors (Lipinski definition) is 3. The zero-order chi connectivity index (χ0) is 20.3. The fourth-order valence-corrected chi connectivity index (χ4v) is 6.42. The summed E-state index contributed by atoms with van der Waals surface area (Å²) in [5, 5.41) is 11.6. The molecule has 1 aromatic heterocycles. The van der Waals surface area contributed by atoms with E-state index in [1.165, 1.54) is 22.0 Å². The van der Waals surface area contributed by atoms with Crippen LogP contribution in [0.1, 0.15) is 69.0 Å². The first-order chi connectivity index (χ1) is 13.9. The molecule has 2 heterocycles. The number of fused-ring (bicyclic) bond motifs is 2. The molecule has 4 heteroatoms. The number of rotatable bonds is 4. The highest BCUT2D eigenvalue weighted by Gasteiger charge is 2.42. The van der Waals surface area contributed by atoms with E-state index in [-0.39, 0.29) is 17.9 Å². The molecule has 0 spiro atoms. The predicted molar refractivity (Wildman–Crippen MR) is 116 cm³/mol. The van der Waals surface area contributed by atoms with Crippen LogP contribution in [0.3, 0.4) is 0 Å². The summed E-state index contributed by atoms with van der Waals surface area (Å²) in [5.74, 6) is 1.08. The summed E-state index contributed by atoms with van der Waals surface area (Å²) in [5.41, 5.74) is 4.26. The lowest BCUT2D eigenvalue weighted by Gasteiger charge is -2.45. The maximum absolute atomic E-state index is 13.2. The number of benzene rings is 1. The van der Waals surface area contributed by atoms with Crippen molar-refractivity contribution >= 4 is 16.7 Å². The van der Waals surface area contributed by atoms with Gasteiger partial charge in [-0.1, -0.05) is 18.6 Å². The quantitative estimate of drug-likeness (QED) is 0.841. The Labute approximate surface area is 173 Å². The number of Topliss-reactive ketones (excluding diaryl/α,β-unsaturated/α-hetero) is 1. The summed E-state index contributed by atoms with van der Waals surface area (Å²) in [6.07, 6.45) is 7.63. The smallest absolute Gasteiger partial charge is 0.137 e. The van der Waals surface area contributed by atoms with E-state index < -0.39 is 0 Å². The number of piperidine rings is 1. The molecule has 29 heavy (non-hydrogen) atoms. The van der Waals surface area contributed by atoms with Gasteiger partial charge in [0.05, 0.1) is 6.10 Å². The van der Waals surface area contributed by atoms with Crippen LogP contribution < -0.4 is 0 Å². The van der Waals surface area contributed by atoms with Crippen LogP contribution in [0.5, 0.6) is 0 Å². The zero-order valence-electron chi connectivity index (χ0n) is 18.0. The van der Waals surface area contributed by atoms with E-state index in [1.807, 2.05) is 0 Å². The van der Waals surface area contributed by atoms with E-state index >= 15 is 0 Å². The Morgan fingerprint density at radius 1 is 1.28 bits per heavy atom. The Balaban J connectivity index is 1.45. The molecule has 0 bridgehead atoms. The second kappa shape index (κ2) is 7.24. The molecule has 0 amide bonds. The van der Waals surface area contributed by atoms with Crippen LogP contribution in [0, 0.1) is 11.8 Å². The molecule has 1 aromatic carbocycles. The Kier molecular flexibility index (Phi) is 4.83. The van der Waals surface area contributed by atoms with Gasteiger partial charge in [-0.15, -0.1) is 0 Å². The lowest BCUT2D eigenvalue weighted by Crippen LogP contribution is -2.49. The van der Waals surface area contributed by atoms with Gasteiger partial charge in [-0.3, -0.25) is 4.79 Å². The standard InChI is InChI=1S/C25H34N2O2/c1-15(2)27-14-18-11-22-20(19-7-5-8-21(27)25(18)19)10-17(13-26(22)3)24(29)12-16-6-4-9-23(16)28/h5,7-8,14-17,20,22-23,28H,4,6,9-13H2,1-3H3/t16-,17-,20-,22-,23-/m1/s1. The van der Waals surface area contributed by atoms with E-state index in [0.717, 1.165) is 38.6 Å². The third kappa shape index (κ3) is 3.16. The first-order valence-corrected chi connectivity index (χ1v) is 11.5. The van der Waals surface area contributed by atoms with Gasteiger partial charge in [0.2, 0.25) is 0 Å². The molecule has 4 nitrogen and oxygen atoms in total. The van der Waals surface area contributed by atoms with Gasteiger partial charge in [0, 0.05) is 54.0 Å². The van der Waals surface area contributed by atoms with Crippen molar-refractivity contribution in [3.63, 3.8) is 0 Å². The Morgan fingerprint density at radius 3 is 2.83 bits per heavy atom. The van der Waals surface area contributed by atoms with Crippen molar-refractivity contribution in [1.82, 2.24) is 9.47 Å². The van der Waals surface area contributed by atoms with Crippen LogP contribution in [0.4, 0.5) is 0 Å². The first-order valence-electron chi connectivity index (χ1n) is 11.5. The lowest BCUT2D eigenvalue weighted by atomic mass is 9.71. The third-order valence-electron chi connectivity index (χ3n) is 7.97. The monoisotopic (exact) mass is 394 g/mol. The minimum Gasteiger partial charge on any atom is -0.393 e. The largest absolute Gasteiger partial charge is 0.393 e. The number of aliphatic hydroxyl groups is 1. The number of ketones is 1. The molecule has 1 aliphatic heterocycles. The number of hydrogen-bond donors (Lipinski definition) is 1. The molecule has 2 aliphatic carbocycles. The number of carbonyl (C=O) groups excluding carboxylic acids is 1. The molecular formula is C25H34N2O2. The maximum Gasteiger partial charge on any atom is 0.137 e. The van der Waals surface area contributed by atoms with E-state index in [2.05, 4.69) is 54.8 Å². The average Bonchev–Trinajstić information content (AvgIpc) is 3.27. The number of likely N-dealkylation sites (N-methyl/N-ethyl adjacent to an activating group) is 1. The summed E-state index contributed by atoms with van der Waals surface area (Å²) >= 11 is 0. The zero-order valence-corrected chi connectivity index (χ0v) is 18.0. The van der Waals surface area contributed by atoms with Gasteiger partial charge >= 0.3 is 0 Å². The van der Waals surface area contributed by atoms with Crippen molar-refractivity contribution in [1.29, 1.82) is 0 Å². The number of aromatic nitrogens is 1. The van der Waals surface area contributed by atoms with Gasteiger partial charge in [0.15, 0.2) is 0 Å². The molecule has 1 N–H and O–H groups in total. The van der Waals surface area contributed by atoms with Crippen molar-refractivity contribution in [2.75, 3.05) is 13.6 Å². The van der Waals surface area contributed by atoms with Crippen LogP contribution in [0.15, 0.2) is 24.4 Å². The van der Waals surface area contributed by atoms with Crippen LogP contribution in [0.2, 0.25) is 0 Å². The van der Waals surface area contributed by atoms with Crippen molar-refractivity contribution in [2.24, 2.45) is 11.8 Å². The van der Waals surface area contributed by atoms with Gasteiger partial charge in [0.25, 0.3) is 0 Å². The number of aliphatic hydroxyl groups excluding tert-OH is 1. The van der Waals surface area contributed by atoms with Crippen LogP contribution in [-0.2, 0) is 11.2 Å². The first kappa shape index (κ1) is 19.3. The molecule has 5 atom stereocenters. The van der Waals surface area contributed by atoms with E-state index in [1.54, 1.807) is 0 Å². The molecule has 0 unspecified atom stereocenters. The molecule has 2 fully saturated rings. The minimum atomic E-state index is -0.269. The van der Waals surface area contributed by atoms with Crippen LogP contribution >= 0.6 is 0 Å². The van der Waals surface area contributed by atoms with Gasteiger partial charge in [-0.25, -0.2) is 0 Å². The Morgan fingerprint density at radius 2 is 2.10 bits per heavy atom. The predicted octanol–water partition coefficient (Wildman–Crippen LogP) is 4.30. The topological polar surface area (TPSA) is 45.5 Å². The number of nitrogens with zero attached hydrogens (tertiary/aromatic N) is 2. The highest BCUT2D eigenvalue weighted by molar-refractivity contribution is 5.89. The Bertz CT molecular complexity index is 930. The maximum atomic E-state index is 13.2. The molecule has 1 saturated heterocycles. The van der Waals surface area contributed by atoms with Crippen molar-refractivity contribution in [3.8, 4) is 0 Å². The Hall–Kier alpha value is -1.65. The molecule has 5 rings (SSSR count). The van der Waals surface area contributed by atoms with Crippen molar-refractivity contribution < 1.29 is 9.90 Å². The third-order valence-corrected chi connectivity index (χ3v) is 7.97. The SMILES string of the molecule is CC(C)n1cc2c3c(cccc31)[C@H]1C[C@@H](C(=O)C[C@H]3CCC[C@H]3O)CN(C)[C@@H]1C2. The number of carbonyl (C=O) groups is 1. The highest BCUT2D eigenvalue weighted by Crippen LogP contribution is 2.46. The summed E-state index contributed by atoms with van der Waals surface area (Å²) < 4.78 is 2.41. The molecule has 156 valence electrons. The van der Waals surface area contributed by atoms with Crippen LogP contribution in [0.25, 0.3) is 10.9 Å². The van der Waals surface area contributed by atoms with E-state index in [9.17, 15) is 9.90 Å². The summed E-state index contributed by atoms with van der Waals surface area (Å²) in [7, 11) is 2.20. The van der Waals surface area contributed by atoms with Crippen molar-refractivity contribution in [2.45, 2.75) is 76.5 Å². The van der Waals surface area contributed by atoms with Gasteiger partial charge in [-0.05, 0) is 69.7 Å². The second-order valence-corrected chi connectivity index (χ2v) is 10.1. The fourth-order valence-electron chi connectivity index (χ4n) is 6.42. The average molecular weight is 395 g/mol. The van der Waals surface area contributed by atoms with Gasteiger partial charge in [0.1, 0.15) is 5.78 Å². The highest BCUT2D eigenvalue weighted by atomic mass is 16.3. The van der Waals surface area contributed by atoms with Crippen molar-refractivity contribution in [3.05, 3.63) is 35.5 Å². The molecule has 3 aliphatic rings. The summed E-state index contributed by atoms with van der Waals surface area (Å²) in [6, 6.07) is 7.68. The normalized spacial score (nSPS) is 32.1. The molecular weight excluding hydrogens is 360 g/mol. The lowest BCUT2D eigenvalue weighted by molar-refractivity contribution is -0.127. The van der Waals surface area contributed by atoms with E-state index in [0.29, 0.717) is 30.2 Å². The number of likely N-dealkylation sites (tertiary alicyclic amines) is 1.